The van der Waals surface area contributed by atoms with Crippen molar-refractivity contribution in [3.8, 4) is 5.88 Å². The number of likely N-dealkylation sites (tertiary alicyclic amines) is 1. The van der Waals surface area contributed by atoms with Gasteiger partial charge in [-0.2, -0.15) is 0 Å². The Morgan fingerprint density at radius 2 is 2.12 bits per heavy atom. The second-order valence-corrected chi connectivity index (χ2v) is 5.61. The minimum Gasteiger partial charge on any atom is -0.480 e. The summed E-state index contributed by atoms with van der Waals surface area (Å²) in [6.45, 7) is 1.19. The second-order valence-electron chi connectivity index (χ2n) is 5.61. The van der Waals surface area contributed by atoms with Crippen LogP contribution in [0.4, 0.5) is 0 Å². The molecule has 0 spiro atoms. The molecule has 126 valence electrons. The lowest BCUT2D eigenvalue weighted by molar-refractivity contribution is 0.0697. The second kappa shape index (κ2) is 7.16. The maximum Gasteiger partial charge on any atom is 0.257 e. The number of nitrogens with zero attached hydrogens (tertiary/aromatic N) is 2. The lowest BCUT2D eigenvalue weighted by atomic mass is 10.0. The van der Waals surface area contributed by atoms with Gasteiger partial charge in [-0.15, -0.1) is 0 Å². The molecule has 1 fully saturated rings. The van der Waals surface area contributed by atoms with Crippen molar-refractivity contribution in [1.82, 2.24) is 15.2 Å². The lowest BCUT2D eigenvalue weighted by Gasteiger charge is -2.32. The Morgan fingerprint density at radius 3 is 2.79 bits per heavy atom. The number of furan rings is 1. The van der Waals surface area contributed by atoms with Gasteiger partial charge in [0.2, 0.25) is 5.88 Å². The molecule has 0 radical (unpaired) electrons. The van der Waals surface area contributed by atoms with Gasteiger partial charge < -0.3 is 19.4 Å². The number of aromatic nitrogens is 1. The fourth-order valence-corrected chi connectivity index (χ4v) is 2.79. The zero-order chi connectivity index (χ0) is 16.9. The number of amides is 2. The smallest absolute Gasteiger partial charge is 0.257 e. The van der Waals surface area contributed by atoms with E-state index in [1.807, 2.05) is 0 Å². The Hall–Kier alpha value is -2.83. The third-order valence-corrected chi connectivity index (χ3v) is 4.09. The zero-order valence-corrected chi connectivity index (χ0v) is 13.4. The maximum atomic E-state index is 12.4. The van der Waals surface area contributed by atoms with Gasteiger partial charge in [0.05, 0.1) is 18.9 Å². The van der Waals surface area contributed by atoms with E-state index in [9.17, 15) is 9.59 Å². The van der Waals surface area contributed by atoms with Crippen LogP contribution in [0.2, 0.25) is 0 Å². The number of carbonyl (C=O) groups is 2. The Labute approximate surface area is 139 Å². The summed E-state index contributed by atoms with van der Waals surface area (Å²) in [6, 6.07) is 5.06. The van der Waals surface area contributed by atoms with Crippen LogP contribution in [0.1, 0.15) is 33.6 Å². The summed E-state index contributed by atoms with van der Waals surface area (Å²) < 4.78 is 10.1. The van der Waals surface area contributed by atoms with E-state index < -0.39 is 0 Å². The first-order chi connectivity index (χ1) is 11.7. The fourth-order valence-electron chi connectivity index (χ4n) is 2.79. The standard InChI is InChI=1S/C17H19N3O4/c1-23-16-14(3-2-7-18-16)15(21)19-13-4-8-20(9-5-13)17(22)12-6-10-24-11-12/h2-3,6-7,10-11,13H,4-5,8-9H2,1H3,(H,19,21). The molecule has 3 heterocycles. The molecule has 7 heteroatoms. The van der Waals surface area contributed by atoms with Crippen LogP contribution in [0, 0.1) is 0 Å². The number of nitrogens with one attached hydrogen (secondary N) is 1. The minimum absolute atomic E-state index is 0.0239. The summed E-state index contributed by atoms with van der Waals surface area (Å²) in [7, 11) is 1.49. The Morgan fingerprint density at radius 1 is 1.33 bits per heavy atom. The van der Waals surface area contributed by atoms with Crippen LogP contribution >= 0.6 is 0 Å². The predicted molar refractivity (Wildman–Crippen MR) is 85.9 cm³/mol. The number of carbonyl (C=O) groups excluding carboxylic acids is 2. The summed E-state index contributed by atoms with van der Waals surface area (Å²) in [5, 5.41) is 2.99. The molecule has 1 N–H and O–H groups in total. The summed E-state index contributed by atoms with van der Waals surface area (Å²) in [5.41, 5.74) is 0.967. The van der Waals surface area contributed by atoms with Crippen LogP contribution in [0.5, 0.6) is 5.88 Å². The molecule has 2 aromatic rings. The zero-order valence-electron chi connectivity index (χ0n) is 13.4. The van der Waals surface area contributed by atoms with E-state index in [1.54, 1.807) is 29.3 Å². The number of ether oxygens (including phenoxy) is 1. The highest BCUT2D eigenvalue weighted by Gasteiger charge is 2.26. The van der Waals surface area contributed by atoms with Gasteiger partial charge in [-0.05, 0) is 31.0 Å². The molecular weight excluding hydrogens is 310 g/mol. The summed E-state index contributed by atoms with van der Waals surface area (Å²) >= 11 is 0. The van der Waals surface area contributed by atoms with Crippen LogP contribution in [-0.2, 0) is 0 Å². The fraction of sp³-hybridized carbons (Fsp3) is 0.353. The van der Waals surface area contributed by atoms with E-state index >= 15 is 0 Å². The first-order valence-electron chi connectivity index (χ1n) is 7.80. The van der Waals surface area contributed by atoms with Crippen molar-refractivity contribution in [2.75, 3.05) is 20.2 Å². The molecule has 7 nitrogen and oxygen atoms in total. The minimum atomic E-state index is -0.209. The molecule has 1 aliphatic heterocycles. The Bertz CT molecular complexity index is 706. The summed E-state index contributed by atoms with van der Waals surface area (Å²) in [6.07, 6.45) is 5.93. The van der Waals surface area contributed by atoms with Gasteiger partial charge in [0.25, 0.3) is 11.8 Å². The molecule has 0 aliphatic carbocycles. The summed E-state index contributed by atoms with van der Waals surface area (Å²) in [5.74, 6) is 0.0598. The molecule has 1 saturated heterocycles. The first-order valence-corrected chi connectivity index (χ1v) is 7.80. The highest BCUT2D eigenvalue weighted by molar-refractivity contribution is 5.96. The number of pyridine rings is 1. The van der Waals surface area contributed by atoms with Crippen LogP contribution in [0.25, 0.3) is 0 Å². The van der Waals surface area contributed by atoms with Gasteiger partial charge in [0, 0.05) is 25.3 Å². The third kappa shape index (κ3) is 3.40. The number of piperidine rings is 1. The van der Waals surface area contributed by atoms with Gasteiger partial charge in [-0.25, -0.2) is 4.98 Å². The molecule has 0 bridgehead atoms. The molecule has 24 heavy (non-hydrogen) atoms. The Balaban J connectivity index is 1.55. The molecule has 0 atom stereocenters. The van der Waals surface area contributed by atoms with E-state index in [0.717, 1.165) is 0 Å². The number of rotatable bonds is 4. The highest BCUT2D eigenvalue weighted by atomic mass is 16.5. The molecule has 3 rings (SSSR count). The van der Waals surface area contributed by atoms with Crippen molar-refractivity contribution in [1.29, 1.82) is 0 Å². The van der Waals surface area contributed by atoms with Crippen LogP contribution in [0.15, 0.2) is 41.3 Å². The normalized spacial score (nSPS) is 15.1. The van der Waals surface area contributed by atoms with Crippen molar-refractivity contribution >= 4 is 11.8 Å². The highest BCUT2D eigenvalue weighted by Crippen LogP contribution is 2.17. The van der Waals surface area contributed by atoms with Gasteiger partial charge >= 0.3 is 0 Å². The monoisotopic (exact) mass is 329 g/mol. The van der Waals surface area contributed by atoms with Gasteiger partial charge in [0.1, 0.15) is 11.8 Å². The Kier molecular flexibility index (Phi) is 4.79. The topological polar surface area (TPSA) is 84.7 Å². The van der Waals surface area contributed by atoms with Crippen LogP contribution in [0.3, 0.4) is 0 Å². The number of hydrogen-bond donors (Lipinski definition) is 1. The van der Waals surface area contributed by atoms with E-state index in [0.29, 0.717) is 42.9 Å². The van der Waals surface area contributed by atoms with E-state index in [1.165, 1.54) is 19.6 Å². The SMILES string of the molecule is COc1ncccc1C(=O)NC1CCN(C(=O)c2ccoc2)CC1. The van der Waals surface area contributed by atoms with Crippen molar-refractivity contribution in [2.45, 2.75) is 18.9 Å². The third-order valence-electron chi connectivity index (χ3n) is 4.09. The van der Waals surface area contributed by atoms with Gasteiger partial charge in [-0.3, -0.25) is 9.59 Å². The van der Waals surface area contributed by atoms with Crippen molar-refractivity contribution in [3.05, 3.63) is 48.0 Å². The summed E-state index contributed by atoms with van der Waals surface area (Å²) in [4.78, 5) is 30.4. The van der Waals surface area contributed by atoms with E-state index in [2.05, 4.69) is 10.3 Å². The molecule has 0 unspecified atom stereocenters. The van der Waals surface area contributed by atoms with Gasteiger partial charge in [0.15, 0.2) is 0 Å². The van der Waals surface area contributed by atoms with E-state index in [4.69, 9.17) is 9.15 Å². The number of methoxy groups -OCH3 is 1. The van der Waals surface area contributed by atoms with Gasteiger partial charge in [-0.1, -0.05) is 0 Å². The molecule has 2 amide bonds. The number of hydrogen-bond acceptors (Lipinski definition) is 5. The van der Waals surface area contributed by atoms with Crippen LogP contribution in [-0.4, -0.2) is 47.9 Å². The predicted octanol–water partition coefficient (Wildman–Crippen LogP) is 1.72. The molecule has 1 aliphatic rings. The van der Waals surface area contributed by atoms with E-state index in [-0.39, 0.29) is 17.9 Å². The first kappa shape index (κ1) is 16.0. The average Bonchev–Trinajstić information content (AvgIpc) is 3.16. The molecule has 2 aromatic heterocycles. The average molecular weight is 329 g/mol. The molecule has 0 saturated carbocycles. The lowest BCUT2D eigenvalue weighted by Crippen LogP contribution is -2.46. The van der Waals surface area contributed by atoms with Crippen molar-refractivity contribution < 1.29 is 18.7 Å². The van der Waals surface area contributed by atoms with Crippen LogP contribution < -0.4 is 10.1 Å². The van der Waals surface area contributed by atoms with Crippen molar-refractivity contribution in [2.24, 2.45) is 0 Å². The quantitative estimate of drug-likeness (QED) is 0.923. The largest absolute Gasteiger partial charge is 0.480 e. The molecule has 0 aromatic carbocycles. The maximum absolute atomic E-state index is 12.4. The molecular formula is C17H19N3O4. The van der Waals surface area contributed by atoms with Crippen molar-refractivity contribution in [3.63, 3.8) is 0 Å².